The molecule has 1 saturated heterocycles. The van der Waals surface area contributed by atoms with Crippen molar-refractivity contribution in [3.63, 3.8) is 0 Å². The normalized spacial score (nSPS) is 28.6. The van der Waals surface area contributed by atoms with Crippen molar-refractivity contribution in [2.75, 3.05) is 33.7 Å². The first-order valence-electron chi connectivity index (χ1n) is 11.2. The van der Waals surface area contributed by atoms with Crippen LogP contribution in [0.2, 0.25) is 0 Å². The molecule has 2 aromatic rings. The Kier molecular flexibility index (Phi) is 4.78. The van der Waals surface area contributed by atoms with Gasteiger partial charge in [0.25, 0.3) is 0 Å². The lowest BCUT2D eigenvalue weighted by molar-refractivity contribution is 0.0235. The number of piperazine rings is 1. The van der Waals surface area contributed by atoms with E-state index in [1.165, 1.54) is 18.2 Å². The summed E-state index contributed by atoms with van der Waals surface area (Å²) < 4.78 is 28.9. The quantitative estimate of drug-likeness (QED) is 0.775. The summed E-state index contributed by atoms with van der Waals surface area (Å²) in [6, 6.07) is 5.51. The highest BCUT2D eigenvalue weighted by Gasteiger charge is 2.68. The third-order valence-corrected chi connectivity index (χ3v) is 8.32. The van der Waals surface area contributed by atoms with Crippen LogP contribution in [0.5, 0.6) is 0 Å². The van der Waals surface area contributed by atoms with Gasteiger partial charge in [0.15, 0.2) is 0 Å². The molecule has 0 spiro atoms. The molecular weight excluding hydrogens is 412 g/mol. The third kappa shape index (κ3) is 2.68. The van der Waals surface area contributed by atoms with E-state index in [4.69, 9.17) is 0 Å². The molecule has 1 aromatic heterocycles. The zero-order valence-electron chi connectivity index (χ0n) is 19.0. The van der Waals surface area contributed by atoms with E-state index < -0.39 is 11.6 Å². The van der Waals surface area contributed by atoms with Gasteiger partial charge in [-0.15, -0.1) is 0 Å². The minimum atomic E-state index is -0.643. The maximum Gasteiger partial charge on any atom is 0.317 e. The van der Waals surface area contributed by atoms with Crippen LogP contribution in [0.1, 0.15) is 43.9 Å². The molecule has 3 aliphatic rings. The highest BCUT2D eigenvalue weighted by atomic mass is 19.1. The van der Waals surface area contributed by atoms with E-state index >= 15 is 0 Å². The molecule has 2 fully saturated rings. The van der Waals surface area contributed by atoms with E-state index in [0.717, 1.165) is 37.2 Å². The Morgan fingerprint density at radius 3 is 2.59 bits per heavy atom. The predicted molar refractivity (Wildman–Crippen MR) is 117 cm³/mol. The Labute approximate surface area is 187 Å². The van der Waals surface area contributed by atoms with Crippen LogP contribution in [0.4, 0.5) is 13.6 Å². The summed E-state index contributed by atoms with van der Waals surface area (Å²) in [5.74, 6) is -1.09. The van der Waals surface area contributed by atoms with Crippen molar-refractivity contribution < 1.29 is 13.6 Å². The highest BCUT2D eigenvalue weighted by molar-refractivity contribution is 5.75. The summed E-state index contributed by atoms with van der Waals surface area (Å²) in [6.45, 7) is 6.69. The van der Waals surface area contributed by atoms with Crippen molar-refractivity contribution >= 4 is 6.03 Å². The van der Waals surface area contributed by atoms with Crippen LogP contribution in [-0.4, -0.2) is 65.8 Å². The molecule has 6 nitrogen and oxygen atoms in total. The molecule has 5 rings (SSSR count). The Morgan fingerprint density at radius 1 is 1.19 bits per heavy atom. The van der Waals surface area contributed by atoms with Gasteiger partial charge in [-0.05, 0) is 55.0 Å². The van der Waals surface area contributed by atoms with Gasteiger partial charge in [-0.2, -0.15) is 10.2 Å². The second kappa shape index (κ2) is 7.20. The van der Waals surface area contributed by atoms with Gasteiger partial charge in [-0.1, -0.05) is 19.9 Å². The molecule has 170 valence electrons. The number of carbonyl (C=O) groups excluding carboxylic acids is 1. The summed E-state index contributed by atoms with van der Waals surface area (Å²) in [5.41, 5.74) is 1.44. The Hall–Kier alpha value is -2.61. The number of urea groups is 1. The number of nitrogens with zero attached hydrogens (tertiary/aromatic N) is 4. The number of rotatable bonds is 2. The van der Waals surface area contributed by atoms with E-state index in [1.54, 1.807) is 7.05 Å². The van der Waals surface area contributed by atoms with Crippen LogP contribution in [0, 0.1) is 17.0 Å². The average molecular weight is 442 g/mol. The minimum absolute atomic E-state index is 0.0622. The fourth-order valence-electron chi connectivity index (χ4n) is 6.70. The molecule has 3 unspecified atom stereocenters. The second-order valence-corrected chi connectivity index (χ2v) is 9.94. The van der Waals surface area contributed by atoms with Gasteiger partial charge in [0.2, 0.25) is 0 Å². The number of benzene rings is 1. The Bertz CT molecular complexity index is 1070. The molecule has 2 heterocycles. The monoisotopic (exact) mass is 441 g/mol. The first kappa shape index (κ1) is 21.2. The maximum absolute atomic E-state index is 14.5. The fourth-order valence-corrected chi connectivity index (χ4v) is 6.70. The topological polar surface area (TPSA) is 61.4 Å². The number of hydrogen-bond acceptors (Lipinski definition) is 4. The van der Waals surface area contributed by atoms with Crippen molar-refractivity contribution in [3.8, 4) is 11.3 Å². The number of carbonyl (C=O) groups is 1. The largest absolute Gasteiger partial charge is 0.341 e. The van der Waals surface area contributed by atoms with Gasteiger partial charge >= 0.3 is 6.03 Å². The molecule has 8 heteroatoms. The smallest absolute Gasteiger partial charge is 0.317 e. The lowest BCUT2D eigenvalue weighted by Crippen LogP contribution is -2.65. The molecule has 1 N–H and O–H groups in total. The Morgan fingerprint density at radius 2 is 1.91 bits per heavy atom. The molecule has 0 radical (unpaired) electrons. The van der Waals surface area contributed by atoms with Crippen LogP contribution in [0.15, 0.2) is 24.3 Å². The van der Waals surface area contributed by atoms with Crippen LogP contribution in [0.25, 0.3) is 11.3 Å². The Balaban J connectivity index is 1.66. The number of nitrogens with one attached hydrogen (secondary N) is 1. The molecule has 1 aromatic carbocycles. The predicted octanol–water partition coefficient (Wildman–Crippen LogP) is 3.53. The van der Waals surface area contributed by atoms with E-state index in [1.807, 2.05) is 11.0 Å². The lowest BCUT2D eigenvalue weighted by atomic mass is 9.63. The molecule has 3 atom stereocenters. The summed E-state index contributed by atoms with van der Waals surface area (Å²) >= 11 is 0. The van der Waals surface area contributed by atoms with Crippen molar-refractivity contribution in [1.29, 1.82) is 0 Å². The molecule has 2 amide bonds. The molecule has 1 saturated carbocycles. The number of fused-ring (bicyclic) bond motifs is 5. The fraction of sp³-hybridized carbons (Fsp3) is 0.542. The van der Waals surface area contributed by atoms with Crippen molar-refractivity contribution in [3.05, 3.63) is 47.2 Å². The van der Waals surface area contributed by atoms with E-state index in [2.05, 4.69) is 41.3 Å². The van der Waals surface area contributed by atoms with Crippen LogP contribution in [0.3, 0.4) is 0 Å². The maximum atomic E-state index is 14.5. The van der Waals surface area contributed by atoms with Crippen LogP contribution >= 0.6 is 0 Å². The minimum Gasteiger partial charge on any atom is -0.341 e. The van der Waals surface area contributed by atoms with Crippen molar-refractivity contribution in [2.24, 2.45) is 5.41 Å². The van der Waals surface area contributed by atoms with Crippen LogP contribution < -0.4 is 5.32 Å². The molecule has 2 bridgehead atoms. The number of likely N-dealkylation sites (N-methyl/N-ethyl adjacent to an activating group) is 1. The number of aromatic nitrogens is 2. The van der Waals surface area contributed by atoms with Gasteiger partial charge in [-0.3, -0.25) is 0 Å². The van der Waals surface area contributed by atoms with Crippen molar-refractivity contribution in [1.82, 2.24) is 25.3 Å². The standard InChI is InChI=1S/C24H29F2N5O/c1-23(2)15-8-9-24(23,19-13-30(4)10-11-31(19)22(32)27-3)21-14(15)12-18(28-29-21)20-16(25)6-5-7-17(20)26/h5-7,12,15,19H,8-11,13H2,1-4H3,(H,27,32). The number of hydrogen-bond donors (Lipinski definition) is 1. The molecule has 1 aliphatic heterocycles. The van der Waals surface area contributed by atoms with Gasteiger partial charge in [0.1, 0.15) is 11.6 Å². The van der Waals surface area contributed by atoms with Gasteiger partial charge < -0.3 is 15.1 Å². The molecule has 2 aliphatic carbocycles. The number of halogens is 2. The lowest BCUT2D eigenvalue weighted by Gasteiger charge is -2.52. The summed E-state index contributed by atoms with van der Waals surface area (Å²) in [5, 5.41) is 11.7. The van der Waals surface area contributed by atoms with E-state index in [-0.39, 0.29) is 40.1 Å². The SMILES string of the molecule is CNC(=O)N1CCN(C)CC1C12CCC(c3cc(-c4c(F)cccc4F)nnc31)C2(C)C. The zero-order valence-corrected chi connectivity index (χ0v) is 19.0. The first-order valence-corrected chi connectivity index (χ1v) is 11.2. The van der Waals surface area contributed by atoms with Gasteiger partial charge in [0.05, 0.1) is 23.0 Å². The van der Waals surface area contributed by atoms with Crippen LogP contribution in [-0.2, 0) is 5.41 Å². The van der Waals surface area contributed by atoms with Gasteiger partial charge in [-0.25, -0.2) is 13.6 Å². The van der Waals surface area contributed by atoms with Crippen molar-refractivity contribution in [2.45, 2.75) is 44.1 Å². The zero-order chi connectivity index (χ0) is 22.8. The third-order valence-electron chi connectivity index (χ3n) is 8.32. The summed E-state index contributed by atoms with van der Waals surface area (Å²) in [4.78, 5) is 17.0. The molecule has 32 heavy (non-hydrogen) atoms. The second-order valence-electron chi connectivity index (χ2n) is 9.94. The van der Waals surface area contributed by atoms with E-state index in [0.29, 0.717) is 6.54 Å². The summed E-state index contributed by atoms with van der Waals surface area (Å²) in [6.07, 6.45) is 1.86. The highest BCUT2D eigenvalue weighted by Crippen LogP contribution is 2.69. The summed E-state index contributed by atoms with van der Waals surface area (Å²) in [7, 11) is 3.74. The number of amides is 2. The van der Waals surface area contributed by atoms with E-state index in [9.17, 15) is 13.6 Å². The van der Waals surface area contributed by atoms with Gasteiger partial charge in [0, 0.05) is 32.1 Å². The first-order chi connectivity index (χ1) is 15.2. The molecular formula is C24H29F2N5O. The average Bonchev–Trinajstić information content (AvgIpc) is 3.14.